The molecule has 1 unspecified atom stereocenters. The minimum atomic E-state index is -0.367. The molecule has 0 aliphatic carbocycles. The number of benzene rings is 7. The normalized spacial score (nSPS) is 12.9. The van der Waals surface area contributed by atoms with Gasteiger partial charge in [0.05, 0.1) is 50.0 Å². The van der Waals surface area contributed by atoms with E-state index in [-0.39, 0.29) is 31.3 Å². The highest BCUT2D eigenvalue weighted by atomic mass is 32.1. The largest absolute Gasteiger partial charge is 0.494 e. The molecule has 14 nitrogen and oxygen atoms in total. The number of aryl methyl sites for hydroxylation is 1. The fourth-order valence-corrected chi connectivity index (χ4v) is 10.2. The first-order valence-electron chi connectivity index (χ1n) is 28.5. The second-order valence-electron chi connectivity index (χ2n) is 20.3. The van der Waals surface area contributed by atoms with Gasteiger partial charge in [-0.2, -0.15) is 5.10 Å². The number of nitrogens with zero attached hydrogens (tertiary/aromatic N) is 3. The van der Waals surface area contributed by atoms with Crippen molar-refractivity contribution < 1.29 is 52.2 Å². The van der Waals surface area contributed by atoms with Gasteiger partial charge >= 0.3 is 11.9 Å². The Hall–Kier alpha value is -7.98. The van der Waals surface area contributed by atoms with Crippen LogP contribution >= 0.6 is 11.3 Å². The highest BCUT2D eigenvalue weighted by Gasteiger charge is 2.23. The van der Waals surface area contributed by atoms with Gasteiger partial charge in [-0.3, -0.25) is 4.79 Å². The Labute approximate surface area is 484 Å². The highest BCUT2D eigenvalue weighted by molar-refractivity contribution is 7.22. The first-order valence-corrected chi connectivity index (χ1v) is 29.3. The molecular weight excluding hydrogens is 1050 g/mol. The monoisotopic (exact) mass is 1130 g/mol. The number of ether oxygens (including phenoxy) is 9. The minimum Gasteiger partial charge on any atom is -0.494 e. The summed E-state index contributed by atoms with van der Waals surface area (Å²) in [4.78, 5) is 30.5. The Kier molecular flexibility index (Phi) is 21.6. The first-order chi connectivity index (χ1) is 40.2. The van der Waals surface area contributed by atoms with Crippen LogP contribution in [-0.4, -0.2) is 76.1 Å². The van der Waals surface area contributed by atoms with Crippen LogP contribution in [0.15, 0.2) is 151 Å². The number of para-hydroxylation sites is 1. The van der Waals surface area contributed by atoms with E-state index in [0.29, 0.717) is 86.7 Å². The summed E-state index contributed by atoms with van der Waals surface area (Å²) in [6, 6.07) is 43.8. The molecule has 1 atom stereocenters. The predicted octanol–water partition coefficient (Wildman–Crippen LogP) is 14.9. The summed E-state index contributed by atoms with van der Waals surface area (Å²) >= 11 is 1.60. The molecule has 9 rings (SSSR count). The second kappa shape index (κ2) is 30.2. The molecule has 0 spiro atoms. The van der Waals surface area contributed by atoms with Crippen molar-refractivity contribution in [3.63, 3.8) is 0 Å². The number of carbonyl (C=O) groups is 2. The van der Waals surface area contributed by atoms with E-state index < -0.39 is 0 Å². The summed E-state index contributed by atoms with van der Waals surface area (Å²) in [7, 11) is 1.62. The Morgan fingerprint density at radius 1 is 0.707 bits per heavy atom. The highest BCUT2D eigenvalue weighted by Crippen LogP contribution is 2.37. The zero-order chi connectivity index (χ0) is 56.9. The molecule has 7 aromatic carbocycles. The SMILES string of the molecule is C=C(C)C(=O)OCCCCCCOc1ccc(CCC(=O)Oc2c(/C=N/N(CCCCCC)c3nc4ccccc4s3)cc(COc3ccc(OCc4ccc5cc(OCCCOC6CO6)ccc5c4)c(OC)c3)c3ccccc23)cc1. The lowest BCUT2D eigenvalue weighted by Crippen LogP contribution is -2.18. The van der Waals surface area contributed by atoms with Gasteiger partial charge in [0.2, 0.25) is 5.13 Å². The van der Waals surface area contributed by atoms with E-state index in [1.165, 1.54) is 0 Å². The van der Waals surface area contributed by atoms with Crippen molar-refractivity contribution in [2.75, 3.05) is 51.7 Å². The van der Waals surface area contributed by atoms with Crippen LogP contribution in [0.2, 0.25) is 0 Å². The number of hydrazone groups is 1. The van der Waals surface area contributed by atoms with Crippen molar-refractivity contribution >= 4 is 66.4 Å². The number of esters is 2. The summed E-state index contributed by atoms with van der Waals surface area (Å²) < 4.78 is 54.0. The van der Waals surface area contributed by atoms with Crippen molar-refractivity contribution in [3.8, 4) is 34.5 Å². The van der Waals surface area contributed by atoms with Crippen molar-refractivity contribution in [1.29, 1.82) is 0 Å². The maximum Gasteiger partial charge on any atom is 0.333 e. The average Bonchev–Trinajstić information content (AvgIpc) is 4.33. The number of hydrogen-bond acceptors (Lipinski definition) is 15. The van der Waals surface area contributed by atoms with Crippen LogP contribution in [0.5, 0.6) is 34.5 Å². The van der Waals surface area contributed by atoms with E-state index in [0.717, 1.165) is 123 Å². The van der Waals surface area contributed by atoms with Crippen molar-refractivity contribution in [2.45, 2.75) is 104 Å². The summed E-state index contributed by atoms with van der Waals surface area (Å²) in [6.45, 7) is 11.5. The van der Waals surface area contributed by atoms with Gasteiger partial charge in [-0.1, -0.05) is 111 Å². The molecule has 1 aliphatic heterocycles. The maximum absolute atomic E-state index is 14.0. The molecule has 82 heavy (non-hydrogen) atoms. The molecule has 8 aromatic rings. The molecule has 0 saturated carbocycles. The summed E-state index contributed by atoms with van der Waals surface area (Å²) in [5.41, 5.74) is 4.83. The molecule has 1 fully saturated rings. The van der Waals surface area contributed by atoms with Gasteiger partial charge in [-0.15, -0.1) is 0 Å². The lowest BCUT2D eigenvalue weighted by Gasteiger charge is -2.18. The number of carbonyl (C=O) groups excluding carboxylic acids is 2. The van der Waals surface area contributed by atoms with Crippen LogP contribution in [-0.2, 0) is 43.4 Å². The van der Waals surface area contributed by atoms with Gasteiger partial charge in [0.25, 0.3) is 0 Å². The molecule has 1 saturated heterocycles. The molecule has 0 amide bonds. The molecular formula is C67H73N3O11S. The number of thiazole rings is 1. The molecule has 0 bridgehead atoms. The second-order valence-corrected chi connectivity index (χ2v) is 21.3. The van der Waals surface area contributed by atoms with Crippen molar-refractivity contribution in [3.05, 3.63) is 168 Å². The van der Waals surface area contributed by atoms with Crippen LogP contribution in [0.4, 0.5) is 5.13 Å². The minimum absolute atomic E-state index is 0.0372. The van der Waals surface area contributed by atoms with Crippen LogP contribution in [0.3, 0.4) is 0 Å². The van der Waals surface area contributed by atoms with Gasteiger partial charge in [-0.05, 0) is 139 Å². The number of anilines is 1. The van der Waals surface area contributed by atoms with Gasteiger partial charge in [0, 0.05) is 42.0 Å². The average molecular weight is 1130 g/mol. The summed E-state index contributed by atoms with van der Waals surface area (Å²) in [6.07, 6.45) is 11.0. The third-order valence-electron chi connectivity index (χ3n) is 13.8. The number of unbranched alkanes of at least 4 members (excludes halogenated alkanes) is 6. The third kappa shape index (κ3) is 17.3. The number of aromatic nitrogens is 1. The van der Waals surface area contributed by atoms with E-state index in [4.69, 9.17) is 52.7 Å². The smallest absolute Gasteiger partial charge is 0.333 e. The van der Waals surface area contributed by atoms with Gasteiger partial charge in [0.15, 0.2) is 17.8 Å². The van der Waals surface area contributed by atoms with E-state index in [2.05, 4.69) is 43.8 Å². The van der Waals surface area contributed by atoms with Crippen molar-refractivity contribution in [1.82, 2.24) is 4.98 Å². The van der Waals surface area contributed by atoms with E-state index >= 15 is 0 Å². The van der Waals surface area contributed by atoms with Crippen molar-refractivity contribution in [2.24, 2.45) is 5.10 Å². The molecule has 2 heterocycles. The number of rotatable bonds is 34. The third-order valence-corrected chi connectivity index (χ3v) is 14.8. The molecule has 0 radical (unpaired) electrons. The number of methoxy groups -OCH3 is 1. The maximum atomic E-state index is 14.0. The number of epoxide rings is 1. The van der Waals surface area contributed by atoms with E-state index in [1.54, 1.807) is 31.6 Å². The fraction of sp³-hybridized carbons (Fsp3) is 0.343. The number of fused-ring (bicyclic) bond motifs is 3. The Morgan fingerprint density at radius 2 is 1.41 bits per heavy atom. The molecule has 1 aromatic heterocycles. The van der Waals surface area contributed by atoms with Crippen LogP contribution in [0.1, 0.15) is 100 Å². The van der Waals surface area contributed by atoms with Gasteiger partial charge in [0.1, 0.15) is 42.8 Å². The van der Waals surface area contributed by atoms with Gasteiger partial charge in [-0.25, -0.2) is 14.8 Å². The number of hydrogen-bond donors (Lipinski definition) is 0. The first kappa shape index (κ1) is 58.7. The topological polar surface area (TPSA) is 149 Å². The van der Waals surface area contributed by atoms with Crippen LogP contribution < -0.4 is 33.4 Å². The molecule has 428 valence electrons. The Balaban J connectivity index is 0.873. The summed E-state index contributed by atoms with van der Waals surface area (Å²) in [5.74, 6) is 3.01. The summed E-state index contributed by atoms with van der Waals surface area (Å²) in [5, 5.41) is 11.7. The Morgan fingerprint density at radius 3 is 2.22 bits per heavy atom. The van der Waals surface area contributed by atoms with Crippen LogP contribution in [0, 0.1) is 0 Å². The zero-order valence-corrected chi connectivity index (χ0v) is 48.1. The quantitative estimate of drug-likeness (QED) is 0.00717. The molecule has 15 heteroatoms. The Bertz CT molecular complexity index is 3400. The van der Waals surface area contributed by atoms with E-state index in [9.17, 15) is 9.59 Å². The lowest BCUT2D eigenvalue weighted by molar-refractivity contribution is -0.139. The predicted molar refractivity (Wildman–Crippen MR) is 324 cm³/mol. The zero-order valence-electron chi connectivity index (χ0n) is 47.2. The standard InChI is InChI=1S/C67H73N3O11S/c1-5-6-7-14-34-70(67-69-59-20-12-13-21-62(59)82-67)68-43-52-40-53(45-78-56-31-32-60(61(42-56)73-4)79-44-49-22-26-51-41-55(30-27-50(51)39-49)75-37-17-38-76-64-46-80-64)57-18-10-11-19-58(57)65(52)81-63(71)33-25-48-23-28-54(29-24-48)74-35-15-8-9-16-36-77-66(72)47(2)3/h10-13,18-24,26-32,39-43,64H,2,5-9,14-17,25,33-38,44-46H2,1,3-4H3/b68-43+. The molecule has 0 N–H and O–H groups in total. The van der Waals surface area contributed by atoms with Crippen LogP contribution in [0.25, 0.3) is 31.8 Å². The molecule has 1 aliphatic rings. The lowest BCUT2D eigenvalue weighted by atomic mass is 10.00. The van der Waals surface area contributed by atoms with Gasteiger partial charge < -0.3 is 42.6 Å². The van der Waals surface area contributed by atoms with E-state index in [1.807, 2.05) is 108 Å². The fourth-order valence-electron chi connectivity index (χ4n) is 9.20.